The third-order valence-corrected chi connectivity index (χ3v) is 6.97. The van der Waals surface area contributed by atoms with Crippen molar-refractivity contribution in [3.63, 3.8) is 0 Å². The molecule has 0 aliphatic carbocycles. The molecule has 172 valence electrons. The Hall–Kier alpha value is -2.91. The van der Waals surface area contributed by atoms with E-state index >= 15 is 0 Å². The average Bonchev–Trinajstić information content (AvgIpc) is 2.82. The van der Waals surface area contributed by atoms with Crippen molar-refractivity contribution >= 4 is 34.8 Å². The van der Waals surface area contributed by atoms with E-state index in [4.69, 9.17) is 15.1 Å². The van der Waals surface area contributed by atoms with Crippen molar-refractivity contribution in [2.75, 3.05) is 19.4 Å². The number of benzene rings is 2. The van der Waals surface area contributed by atoms with E-state index in [2.05, 4.69) is 10.3 Å². The summed E-state index contributed by atoms with van der Waals surface area (Å²) in [5, 5.41) is 11.5. The first-order valence-corrected chi connectivity index (χ1v) is 11.6. The summed E-state index contributed by atoms with van der Waals surface area (Å²) in [4.78, 5) is 21.4. The first-order chi connectivity index (χ1) is 15.9. The number of amides is 1. The molecule has 33 heavy (non-hydrogen) atoms. The van der Waals surface area contributed by atoms with Crippen LogP contribution in [-0.4, -0.2) is 48.5 Å². The third kappa shape index (κ3) is 4.89. The van der Waals surface area contributed by atoms with Crippen LogP contribution >= 0.6 is 11.8 Å². The Bertz CT molecular complexity index is 1110. The Morgan fingerprint density at radius 2 is 2.12 bits per heavy atom. The standard InChI is InChI=1S/C24H24F2N4O2S/c1-28-10-9-20(27)21-11-16-13-33-23(29-22(31)15-5-3-2-4-6-15)30-24(16,14-32-21)18-8-7-17(25)12-19(18)26/h2-8,10,12,16,21,27H,9,11,13-14H2,1H3,(H,29,30,31). The van der Waals surface area contributed by atoms with Crippen molar-refractivity contribution in [1.82, 2.24) is 5.32 Å². The van der Waals surface area contributed by atoms with Crippen LogP contribution in [0.15, 0.2) is 58.5 Å². The highest BCUT2D eigenvalue weighted by Gasteiger charge is 2.50. The fourth-order valence-corrected chi connectivity index (χ4v) is 5.34. The van der Waals surface area contributed by atoms with Crippen LogP contribution in [0.4, 0.5) is 8.78 Å². The molecule has 2 aliphatic rings. The highest BCUT2D eigenvalue weighted by atomic mass is 32.2. The maximum atomic E-state index is 15.0. The Balaban J connectivity index is 1.66. The number of rotatable bonds is 5. The first kappa shape index (κ1) is 23.3. The number of carbonyl (C=O) groups excluding carboxylic acids is 1. The highest BCUT2D eigenvalue weighted by Crippen LogP contribution is 2.47. The Kier molecular flexibility index (Phi) is 6.99. The van der Waals surface area contributed by atoms with Gasteiger partial charge in [0.2, 0.25) is 0 Å². The zero-order valence-electron chi connectivity index (χ0n) is 18.1. The SMILES string of the molecule is CN=CCC(=N)C1CC2CSC(NC(=O)c3ccccc3)=NC2(c2ccc(F)cc2F)CO1. The largest absolute Gasteiger partial charge is 0.369 e. The molecule has 3 atom stereocenters. The monoisotopic (exact) mass is 470 g/mol. The van der Waals surface area contributed by atoms with Crippen LogP contribution in [0.25, 0.3) is 0 Å². The molecular weight excluding hydrogens is 446 g/mol. The molecular formula is C24H24F2N4O2S. The predicted molar refractivity (Wildman–Crippen MR) is 126 cm³/mol. The van der Waals surface area contributed by atoms with Crippen LogP contribution < -0.4 is 5.32 Å². The zero-order chi connectivity index (χ0) is 23.4. The number of carbonyl (C=O) groups is 1. The normalized spacial score (nSPS) is 24.8. The molecule has 2 aromatic carbocycles. The summed E-state index contributed by atoms with van der Waals surface area (Å²) < 4.78 is 34.6. The quantitative estimate of drug-likeness (QED) is 0.642. The van der Waals surface area contributed by atoms with Crippen molar-refractivity contribution < 1.29 is 18.3 Å². The molecule has 3 unspecified atom stereocenters. The van der Waals surface area contributed by atoms with Crippen LogP contribution in [0.2, 0.25) is 0 Å². The molecule has 0 spiro atoms. The highest BCUT2D eigenvalue weighted by molar-refractivity contribution is 8.13. The Morgan fingerprint density at radius 1 is 1.33 bits per heavy atom. The second-order valence-corrected chi connectivity index (χ2v) is 9.01. The van der Waals surface area contributed by atoms with Crippen molar-refractivity contribution in [2.24, 2.45) is 15.9 Å². The lowest BCUT2D eigenvalue weighted by Gasteiger charge is -2.46. The lowest BCUT2D eigenvalue weighted by molar-refractivity contribution is -0.0261. The van der Waals surface area contributed by atoms with E-state index in [0.29, 0.717) is 35.0 Å². The van der Waals surface area contributed by atoms with Crippen LogP contribution in [0.1, 0.15) is 28.8 Å². The molecule has 0 aromatic heterocycles. The summed E-state index contributed by atoms with van der Waals surface area (Å²) in [5.41, 5.74) is -0.0274. The minimum Gasteiger partial charge on any atom is -0.369 e. The van der Waals surface area contributed by atoms with E-state index in [9.17, 15) is 13.6 Å². The fourth-order valence-electron chi connectivity index (χ4n) is 4.17. The minimum atomic E-state index is -1.13. The molecule has 2 heterocycles. The maximum Gasteiger partial charge on any atom is 0.257 e. The van der Waals surface area contributed by atoms with Gasteiger partial charge in [0.05, 0.1) is 12.7 Å². The van der Waals surface area contributed by atoms with Gasteiger partial charge in [-0.3, -0.25) is 4.79 Å². The molecule has 2 N–H and O–H groups in total. The van der Waals surface area contributed by atoms with Gasteiger partial charge in [-0.05, 0) is 24.6 Å². The summed E-state index contributed by atoms with van der Waals surface area (Å²) in [6.45, 7) is 0.0157. The van der Waals surface area contributed by atoms with Crippen LogP contribution in [0.5, 0.6) is 0 Å². The molecule has 0 radical (unpaired) electrons. The molecule has 2 aliphatic heterocycles. The first-order valence-electron chi connectivity index (χ1n) is 10.6. The molecule has 4 rings (SSSR count). The molecule has 0 saturated carbocycles. The van der Waals surface area contributed by atoms with Crippen LogP contribution in [0.3, 0.4) is 0 Å². The van der Waals surface area contributed by atoms with Gasteiger partial charge >= 0.3 is 0 Å². The van der Waals surface area contributed by atoms with Gasteiger partial charge in [-0.15, -0.1) is 0 Å². The molecule has 1 amide bonds. The van der Waals surface area contributed by atoms with Gasteiger partial charge in [0, 0.05) is 54.3 Å². The number of amidine groups is 1. The van der Waals surface area contributed by atoms with Gasteiger partial charge in [0.1, 0.15) is 17.2 Å². The lowest BCUT2D eigenvalue weighted by atomic mass is 9.74. The maximum absolute atomic E-state index is 15.0. The number of nitrogens with one attached hydrogen (secondary N) is 2. The number of nitrogens with zero attached hydrogens (tertiary/aromatic N) is 2. The molecule has 2 aromatic rings. The van der Waals surface area contributed by atoms with Gasteiger partial charge < -0.3 is 20.5 Å². The second-order valence-electron chi connectivity index (χ2n) is 8.00. The topological polar surface area (TPSA) is 86.9 Å². The number of halogens is 2. The van der Waals surface area contributed by atoms with Gasteiger partial charge in [-0.1, -0.05) is 36.0 Å². The van der Waals surface area contributed by atoms with Crippen LogP contribution in [0, 0.1) is 23.0 Å². The number of hydrogen-bond acceptors (Lipinski definition) is 6. The second kappa shape index (κ2) is 9.93. The van der Waals surface area contributed by atoms with E-state index in [1.807, 2.05) is 6.07 Å². The number of fused-ring (bicyclic) bond motifs is 1. The number of ether oxygens (including phenoxy) is 1. The summed E-state index contributed by atoms with van der Waals surface area (Å²) in [5.74, 6) is -1.33. The van der Waals surface area contributed by atoms with Gasteiger partial charge in [-0.2, -0.15) is 0 Å². The van der Waals surface area contributed by atoms with Crippen molar-refractivity contribution in [1.29, 1.82) is 5.41 Å². The van der Waals surface area contributed by atoms with E-state index in [1.165, 1.54) is 23.9 Å². The Morgan fingerprint density at radius 3 is 2.85 bits per heavy atom. The van der Waals surface area contributed by atoms with E-state index < -0.39 is 23.3 Å². The summed E-state index contributed by atoms with van der Waals surface area (Å²) in [7, 11) is 1.65. The van der Waals surface area contributed by atoms with E-state index in [1.54, 1.807) is 37.5 Å². The van der Waals surface area contributed by atoms with Crippen molar-refractivity contribution in [3.8, 4) is 0 Å². The summed E-state index contributed by atoms with van der Waals surface area (Å²) in [6, 6.07) is 12.2. The summed E-state index contributed by atoms with van der Waals surface area (Å²) in [6.07, 6.45) is 2.06. The fraction of sp³-hybridized carbons (Fsp3) is 0.333. The smallest absolute Gasteiger partial charge is 0.257 e. The molecule has 1 fully saturated rings. The third-order valence-electron chi connectivity index (χ3n) is 5.94. The molecule has 0 bridgehead atoms. The predicted octanol–water partition coefficient (Wildman–Crippen LogP) is 4.21. The lowest BCUT2D eigenvalue weighted by Crippen LogP contribution is -2.52. The minimum absolute atomic E-state index is 0.0157. The summed E-state index contributed by atoms with van der Waals surface area (Å²) >= 11 is 1.37. The molecule has 6 nitrogen and oxygen atoms in total. The van der Waals surface area contributed by atoms with E-state index in [0.717, 1.165) is 6.07 Å². The molecule has 9 heteroatoms. The Labute approximate surface area is 195 Å². The zero-order valence-corrected chi connectivity index (χ0v) is 18.9. The van der Waals surface area contributed by atoms with Crippen molar-refractivity contribution in [3.05, 3.63) is 71.3 Å². The van der Waals surface area contributed by atoms with Crippen LogP contribution in [-0.2, 0) is 10.3 Å². The van der Waals surface area contributed by atoms with Gasteiger partial charge in [0.25, 0.3) is 5.91 Å². The number of thioether (sulfide) groups is 1. The molecule has 1 saturated heterocycles. The number of aliphatic imine (C=N–C) groups is 2. The van der Waals surface area contributed by atoms with Gasteiger partial charge in [-0.25, -0.2) is 13.8 Å². The average molecular weight is 471 g/mol. The van der Waals surface area contributed by atoms with Crippen molar-refractivity contribution in [2.45, 2.75) is 24.5 Å². The number of hydrogen-bond donors (Lipinski definition) is 2. The van der Waals surface area contributed by atoms with Gasteiger partial charge in [0.15, 0.2) is 5.17 Å². The van der Waals surface area contributed by atoms with E-state index in [-0.39, 0.29) is 24.0 Å².